The Morgan fingerprint density at radius 2 is 1.46 bits per heavy atom. The molecule has 3 rings (SSSR count). The molecular formula is C24H25NO3. The molecule has 0 atom stereocenters. The predicted octanol–water partition coefficient (Wildman–Crippen LogP) is 5.46. The standard InChI is InChI=1S/C24H25NO3/c1-18-8-6-12-21(14-18)23(22-13-7-9-19(2)15-22)16-25(27)24(26)28-17-20-10-4-3-5-11-20/h3-15,23,27H,16-17H2,1-2H3. The Morgan fingerprint density at radius 1 is 0.893 bits per heavy atom. The fourth-order valence-electron chi connectivity index (χ4n) is 3.22. The van der Waals surface area contributed by atoms with Crippen molar-refractivity contribution in [1.82, 2.24) is 5.06 Å². The van der Waals surface area contributed by atoms with Gasteiger partial charge in [-0.1, -0.05) is 90.0 Å². The maximum absolute atomic E-state index is 12.3. The lowest BCUT2D eigenvalue weighted by atomic mass is 9.89. The summed E-state index contributed by atoms with van der Waals surface area (Å²) in [5, 5.41) is 11.1. The van der Waals surface area contributed by atoms with E-state index in [2.05, 4.69) is 12.1 Å². The number of carbonyl (C=O) groups is 1. The Bertz CT molecular complexity index is 878. The molecule has 4 nitrogen and oxygen atoms in total. The van der Waals surface area contributed by atoms with E-state index in [1.54, 1.807) is 0 Å². The topological polar surface area (TPSA) is 49.8 Å². The molecule has 0 fully saturated rings. The van der Waals surface area contributed by atoms with Gasteiger partial charge in [0.1, 0.15) is 6.61 Å². The summed E-state index contributed by atoms with van der Waals surface area (Å²) in [5.74, 6) is -0.158. The summed E-state index contributed by atoms with van der Waals surface area (Å²) in [6.07, 6.45) is -0.755. The molecule has 3 aromatic carbocycles. The zero-order valence-corrected chi connectivity index (χ0v) is 16.2. The van der Waals surface area contributed by atoms with Gasteiger partial charge in [0.25, 0.3) is 0 Å². The first-order valence-electron chi connectivity index (χ1n) is 9.33. The zero-order chi connectivity index (χ0) is 19.9. The molecule has 0 aliphatic rings. The lowest BCUT2D eigenvalue weighted by molar-refractivity contribution is -0.0777. The predicted molar refractivity (Wildman–Crippen MR) is 109 cm³/mol. The van der Waals surface area contributed by atoms with Crippen LogP contribution in [0, 0.1) is 13.8 Å². The SMILES string of the molecule is Cc1cccc(C(CN(O)C(=O)OCc2ccccc2)c2cccc(C)c2)c1. The van der Waals surface area contributed by atoms with Crippen molar-refractivity contribution in [1.29, 1.82) is 0 Å². The minimum absolute atomic E-state index is 0.112. The third kappa shape index (κ3) is 5.21. The molecule has 1 N–H and O–H groups in total. The molecule has 0 radical (unpaired) electrons. The van der Waals surface area contributed by atoms with E-state index in [4.69, 9.17) is 4.74 Å². The highest BCUT2D eigenvalue weighted by Gasteiger charge is 2.22. The fraction of sp³-hybridized carbons (Fsp3) is 0.208. The van der Waals surface area contributed by atoms with Crippen LogP contribution in [0.1, 0.15) is 33.7 Å². The summed E-state index contributed by atoms with van der Waals surface area (Å²) < 4.78 is 5.25. The van der Waals surface area contributed by atoms with Gasteiger partial charge in [-0.2, -0.15) is 5.06 Å². The molecule has 0 aromatic heterocycles. The quantitative estimate of drug-likeness (QED) is 0.459. The minimum atomic E-state index is -0.755. The van der Waals surface area contributed by atoms with Crippen LogP contribution in [0.15, 0.2) is 78.9 Å². The highest BCUT2D eigenvalue weighted by molar-refractivity contribution is 5.66. The third-order valence-corrected chi connectivity index (χ3v) is 4.66. The molecule has 3 aromatic rings. The van der Waals surface area contributed by atoms with Crippen molar-refractivity contribution >= 4 is 6.09 Å². The van der Waals surface area contributed by atoms with Crippen molar-refractivity contribution in [2.45, 2.75) is 26.4 Å². The Labute approximate surface area is 166 Å². The summed E-state index contributed by atoms with van der Waals surface area (Å²) in [7, 11) is 0. The number of hydroxylamine groups is 2. The van der Waals surface area contributed by atoms with Crippen LogP contribution in [-0.2, 0) is 11.3 Å². The number of benzene rings is 3. The molecule has 28 heavy (non-hydrogen) atoms. The molecule has 0 aliphatic carbocycles. The number of nitrogens with zero attached hydrogens (tertiary/aromatic N) is 1. The molecule has 0 spiro atoms. The smallest absolute Gasteiger partial charge is 0.434 e. The van der Waals surface area contributed by atoms with Crippen LogP contribution in [0.25, 0.3) is 0 Å². The van der Waals surface area contributed by atoms with E-state index in [-0.39, 0.29) is 19.1 Å². The van der Waals surface area contributed by atoms with Gasteiger partial charge in [-0.3, -0.25) is 5.21 Å². The average Bonchev–Trinajstić information content (AvgIpc) is 2.70. The first-order chi connectivity index (χ1) is 13.5. The first-order valence-corrected chi connectivity index (χ1v) is 9.33. The normalized spacial score (nSPS) is 10.7. The maximum Gasteiger partial charge on any atom is 0.434 e. The highest BCUT2D eigenvalue weighted by Crippen LogP contribution is 2.27. The summed E-state index contributed by atoms with van der Waals surface area (Å²) >= 11 is 0. The van der Waals surface area contributed by atoms with Gasteiger partial charge in [0.15, 0.2) is 0 Å². The number of rotatable bonds is 6. The number of aryl methyl sites for hydroxylation is 2. The van der Waals surface area contributed by atoms with Gasteiger partial charge in [-0.25, -0.2) is 4.79 Å². The van der Waals surface area contributed by atoms with Crippen LogP contribution in [-0.4, -0.2) is 22.9 Å². The molecule has 144 valence electrons. The lowest BCUT2D eigenvalue weighted by Gasteiger charge is -2.24. The Balaban J connectivity index is 1.76. The van der Waals surface area contributed by atoms with Crippen molar-refractivity contribution in [3.63, 3.8) is 0 Å². The second-order valence-electron chi connectivity index (χ2n) is 7.00. The van der Waals surface area contributed by atoms with Crippen LogP contribution in [0.2, 0.25) is 0 Å². The molecule has 0 aliphatic heterocycles. The summed E-state index contributed by atoms with van der Waals surface area (Å²) in [6.45, 7) is 4.29. The second-order valence-corrected chi connectivity index (χ2v) is 7.00. The summed E-state index contributed by atoms with van der Waals surface area (Å²) in [6, 6.07) is 25.6. The van der Waals surface area contributed by atoms with Gasteiger partial charge in [-0.15, -0.1) is 0 Å². The average molecular weight is 375 g/mol. The fourth-order valence-corrected chi connectivity index (χ4v) is 3.22. The van der Waals surface area contributed by atoms with Crippen molar-refractivity contribution in [3.8, 4) is 0 Å². The number of hydrogen-bond acceptors (Lipinski definition) is 3. The molecular weight excluding hydrogens is 350 g/mol. The monoisotopic (exact) mass is 375 g/mol. The first kappa shape index (κ1) is 19.6. The Kier molecular flexibility index (Phi) is 6.45. The van der Waals surface area contributed by atoms with Crippen molar-refractivity contribution in [2.75, 3.05) is 6.54 Å². The van der Waals surface area contributed by atoms with Gasteiger partial charge in [0.2, 0.25) is 0 Å². The Hall–Kier alpha value is -3.11. The van der Waals surface area contributed by atoms with Crippen LogP contribution >= 0.6 is 0 Å². The molecule has 0 heterocycles. The van der Waals surface area contributed by atoms with Crippen molar-refractivity contribution < 1.29 is 14.7 Å². The number of carbonyl (C=O) groups excluding carboxylic acids is 1. The van der Waals surface area contributed by atoms with Crippen molar-refractivity contribution in [2.24, 2.45) is 0 Å². The van der Waals surface area contributed by atoms with E-state index in [0.29, 0.717) is 5.06 Å². The van der Waals surface area contributed by atoms with E-state index >= 15 is 0 Å². The van der Waals surface area contributed by atoms with E-state index in [1.165, 1.54) is 0 Å². The zero-order valence-electron chi connectivity index (χ0n) is 16.2. The van der Waals surface area contributed by atoms with Gasteiger partial charge in [-0.05, 0) is 30.5 Å². The van der Waals surface area contributed by atoms with E-state index in [9.17, 15) is 10.0 Å². The van der Waals surface area contributed by atoms with Crippen LogP contribution in [0.5, 0.6) is 0 Å². The van der Waals surface area contributed by atoms with Gasteiger partial charge < -0.3 is 4.74 Å². The number of amides is 1. The molecule has 0 unspecified atom stereocenters. The molecule has 0 saturated heterocycles. The molecule has 4 heteroatoms. The highest BCUT2D eigenvalue weighted by atomic mass is 16.6. The molecule has 0 bridgehead atoms. The number of hydrogen-bond donors (Lipinski definition) is 1. The second kappa shape index (κ2) is 9.20. The number of ether oxygens (including phenoxy) is 1. The minimum Gasteiger partial charge on any atom is -0.443 e. The summed E-state index contributed by atoms with van der Waals surface area (Å²) in [4.78, 5) is 12.3. The van der Waals surface area contributed by atoms with Crippen LogP contribution < -0.4 is 0 Å². The van der Waals surface area contributed by atoms with E-state index < -0.39 is 6.09 Å². The third-order valence-electron chi connectivity index (χ3n) is 4.66. The van der Waals surface area contributed by atoms with E-state index in [0.717, 1.165) is 27.8 Å². The van der Waals surface area contributed by atoms with Crippen LogP contribution in [0.4, 0.5) is 4.79 Å². The van der Waals surface area contributed by atoms with E-state index in [1.807, 2.05) is 80.6 Å². The van der Waals surface area contributed by atoms with Crippen LogP contribution in [0.3, 0.4) is 0 Å². The van der Waals surface area contributed by atoms with Gasteiger partial charge in [0.05, 0.1) is 6.54 Å². The largest absolute Gasteiger partial charge is 0.443 e. The van der Waals surface area contributed by atoms with Gasteiger partial charge in [0, 0.05) is 5.92 Å². The van der Waals surface area contributed by atoms with Crippen molar-refractivity contribution in [3.05, 3.63) is 107 Å². The van der Waals surface area contributed by atoms with Gasteiger partial charge >= 0.3 is 6.09 Å². The Morgan fingerprint density at radius 3 is 2.00 bits per heavy atom. The lowest BCUT2D eigenvalue weighted by Crippen LogP contribution is -2.32. The molecule has 1 amide bonds. The molecule has 0 saturated carbocycles. The maximum atomic E-state index is 12.3. The summed E-state index contributed by atoms with van der Waals surface area (Å²) in [5.41, 5.74) is 5.22.